The van der Waals surface area contributed by atoms with Crippen LogP contribution in [0.1, 0.15) is 199 Å². The summed E-state index contributed by atoms with van der Waals surface area (Å²) in [5.74, 6) is -0.0329. The molecular formula is C77H85F18N17O8. The Morgan fingerprint density at radius 2 is 0.725 bits per heavy atom. The van der Waals surface area contributed by atoms with Crippen molar-refractivity contribution in [3.8, 4) is 0 Å². The van der Waals surface area contributed by atoms with Crippen LogP contribution in [-0.4, -0.2) is 130 Å². The van der Waals surface area contributed by atoms with Gasteiger partial charge < -0.3 is 28.7 Å². The number of H-pyrrole nitrogens is 1. The number of fused-ring (bicyclic) bond motifs is 3. The van der Waals surface area contributed by atoms with E-state index in [9.17, 15) is 98.2 Å². The molecule has 0 spiro atoms. The highest BCUT2D eigenvalue weighted by Crippen LogP contribution is 2.50. The molecule has 25 nitrogen and oxygen atoms in total. The lowest BCUT2D eigenvalue weighted by Crippen LogP contribution is -2.49. The smallest absolute Gasteiger partial charge is 0.416 e. The second-order valence-electron chi connectivity index (χ2n) is 28.4. The highest BCUT2D eigenvalue weighted by molar-refractivity contribution is 5.93. The van der Waals surface area contributed by atoms with Crippen molar-refractivity contribution in [2.45, 2.75) is 215 Å². The fraction of sp³-hybridized carbons (Fsp3) is 0.494. The van der Waals surface area contributed by atoms with Gasteiger partial charge in [0.25, 0.3) is 11.9 Å². The van der Waals surface area contributed by atoms with Crippen LogP contribution < -0.4 is 24.5 Å². The molecule has 0 saturated heterocycles. The fourth-order valence-electron chi connectivity index (χ4n) is 15.2. The minimum absolute atomic E-state index is 0.000904. The van der Waals surface area contributed by atoms with Crippen molar-refractivity contribution in [2.24, 2.45) is 7.05 Å². The molecule has 0 saturated carbocycles. The van der Waals surface area contributed by atoms with Crippen molar-refractivity contribution in [2.75, 3.05) is 51.4 Å². The van der Waals surface area contributed by atoms with E-state index in [4.69, 9.17) is 18.9 Å². The van der Waals surface area contributed by atoms with Crippen LogP contribution in [0, 0.1) is 41.5 Å². The molecule has 5 aromatic heterocycles. The zero-order valence-corrected chi connectivity index (χ0v) is 67.1. The molecule has 0 fully saturated rings. The number of alkyl halides is 18. The molecule has 0 radical (unpaired) electrons. The highest BCUT2D eigenvalue weighted by atomic mass is 19.4. The maximum atomic E-state index is 13.6. The zero-order valence-electron chi connectivity index (χ0n) is 67.1. The van der Waals surface area contributed by atoms with Crippen molar-refractivity contribution < 1.29 is 117 Å². The third kappa shape index (κ3) is 21.1. The van der Waals surface area contributed by atoms with E-state index in [2.05, 4.69) is 51.0 Å². The van der Waals surface area contributed by atoms with Crippen molar-refractivity contribution in [1.82, 2.24) is 60.7 Å². The molecular weight excluding hydrogens is 1630 g/mol. The number of methoxy groups -OCH3 is 1. The van der Waals surface area contributed by atoms with Crippen LogP contribution in [0.3, 0.4) is 0 Å². The number of rotatable bonds is 17. The first kappa shape index (κ1) is 92.6. The first-order chi connectivity index (χ1) is 56.0. The number of carbonyl (C=O) groups excluding carboxylic acids is 4. The summed E-state index contributed by atoms with van der Waals surface area (Å²) >= 11 is 0. The monoisotopic (exact) mass is 1720 g/mol. The second-order valence-corrected chi connectivity index (χ2v) is 28.4. The number of aromatic nitrogens is 11. The first-order valence-electron chi connectivity index (χ1n) is 37.5. The van der Waals surface area contributed by atoms with E-state index in [-0.39, 0.29) is 85.9 Å². The number of nitrogens with one attached hydrogen (secondary N) is 1. The van der Waals surface area contributed by atoms with E-state index in [0.29, 0.717) is 124 Å². The SMILES string of the molecule is CCOC(=O)N1c2c(cc(C)nc2C)C(N(Cc2cc(C(F)(F)F)cc(C(F)(F)F)c2)C(=O)OC)CC1CC.CCOC(=O)N1c2c(cc(C)nc2C)C(N(Cc2cc(C(F)(F)F)cc(C(F)(F)F)c2)c2nn[nH]n2)CC1CC.CCOC(=O)N1c2c(cc(C)nc2C)C(N(Cc2cc(C(F)(F)F)cc(C(F)(F)F)c2)c2nnn(C)n2)CC1CC. The molecule has 0 bridgehead atoms. The molecule has 8 aromatic rings. The topological polar surface area (TPSA) is 261 Å². The first-order valence-corrected chi connectivity index (χ1v) is 37.5. The number of amides is 4. The highest BCUT2D eigenvalue weighted by Gasteiger charge is 2.48. The van der Waals surface area contributed by atoms with Crippen LogP contribution in [0.15, 0.2) is 72.8 Å². The van der Waals surface area contributed by atoms with Gasteiger partial charge in [-0.25, -0.2) is 19.2 Å². The number of hydrogen-bond donors (Lipinski definition) is 1. The number of hydrogen-bond acceptors (Lipinski definition) is 19. The predicted octanol–water partition coefficient (Wildman–Crippen LogP) is 19.5. The Morgan fingerprint density at radius 3 is 0.992 bits per heavy atom. The molecule has 3 aliphatic heterocycles. The van der Waals surface area contributed by atoms with Crippen LogP contribution in [0.25, 0.3) is 0 Å². The summed E-state index contributed by atoms with van der Waals surface area (Å²) in [5, 5.41) is 26.0. The van der Waals surface area contributed by atoms with Gasteiger partial charge in [0.1, 0.15) is 0 Å². The fourth-order valence-corrected chi connectivity index (χ4v) is 15.2. The molecule has 0 aliphatic carbocycles. The van der Waals surface area contributed by atoms with E-state index in [0.717, 1.165) is 16.8 Å². The van der Waals surface area contributed by atoms with E-state index >= 15 is 0 Å². The number of tetrazole rings is 2. The molecule has 652 valence electrons. The number of nitrogens with zero attached hydrogens (tertiary/aromatic N) is 16. The number of benzene rings is 3. The van der Waals surface area contributed by atoms with Gasteiger partial charge in [-0.1, -0.05) is 31.0 Å². The van der Waals surface area contributed by atoms with Crippen molar-refractivity contribution in [3.05, 3.63) is 174 Å². The average molecular weight is 1720 g/mol. The number of aromatic amines is 1. The molecule has 3 aromatic carbocycles. The largest absolute Gasteiger partial charge is 0.453 e. The maximum Gasteiger partial charge on any atom is 0.416 e. The van der Waals surface area contributed by atoms with Crippen LogP contribution >= 0.6 is 0 Å². The predicted molar refractivity (Wildman–Crippen MR) is 397 cm³/mol. The summed E-state index contributed by atoms with van der Waals surface area (Å²) < 4.78 is 265. The number of anilines is 5. The number of ether oxygens (including phenoxy) is 4. The van der Waals surface area contributed by atoms with E-state index in [1.54, 1.807) is 87.4 Å². The molecule has 1 N–H and O–H groups in total. The molecule has 3 aliphatic rings. The van der Waals surface area contributed by atoms with Crippen molar-refractivity contribution in [1.29, 1.82) is 0 Å². The van der Waals surface area contributed by atoms with Gasteiger partial charge in [-0.15, -0.1) is 10.2 Å². The number of carbonyl (C=O) groups is 4. The van der Waals surface area contributed by atoms with Crippen molar-refractivity contribution >= 4 is 53.3 Å². The van der Waals surface area contributed by atoms with Crippen LogP contribution in [-0.2, 0) is 82.7 Å². The number of halogens is 18. The normalized spacial score (nSPS) is 17.4. The lowest BCUT2D eigenvalue weighted by molar-refractivity contribution is -0.144. The van der Waals surface area contributed by atoms with Gasteiger partial charge >= 0.3 is 61.4 Å². The van der Waals surface area contributed by atoms with Crippen LogP contribution in [0.4, 0.5) is 127 Å². The van der Waals surface area contributed by atoms with E-state index < -0.39 is 151 Å². The van der Waals surface area contributed by atoms with Gasteiger partial charge in [-0.2, -0.15) is 89.0 Å². The van der Waals surface area contributed by atoms with Crippen LogP contribution in [0.5, 0.6) is 0 Å². The second kappa shape index (κ2) is 36.7. The lowest BCUT2D eigenvalue weighted by atomic mass is 9.88. The van der Waals surface area contributed by atoms with E-state index in [1.807, 2.05) is 13.8 Å². The Balaban J connectivity index is 0.000000205. The van der Waals surface area contributed by atoms with Crippen LogP contribution in [0.2, 0.25) is 0 Å². The molecule has 4 amide bonds. The van der Waals surface area contributed by atoms with Gasteiger partial charge in [-0.3, -0.25) is 34.6 Å². The molecule has 43 heteroatoms. The third-order valence-corrected chi connectivity index (χ3v) is 20.0. The van der Waals surface area contributed by atoms with Gasteiger partial charge in [0.05, 0.1) is 120 Å². The lowest BCUT2D eigenvalue weighted by Gasteiger charge is -2.44. The average Bonchev–Trinajstić information content (AvgIpc) is 1.22. The molecule has 8 heterocycles. The summed E-state index contributed by atoms with van der Waals surface area (Å²) in [6, 6.07) is 5.66. The Kier molecular flexibility index (Phi) is 28.3. The number of pyridine rings is 3. The summed E-state index contributed by atoms with van der Waals surface area (Å²) in [6.07, 6.45) is -30.8. The summed E-state index contributed by atoms with van der Waals surface area (Å²) in [4.78, 5) is 75.2. The van der Waals surface area contributed by atoms with Gasteiger partial charge in [-0.05, 0) is 201 Å². The Morgan fingerprint density at radius 1 is 0.425 bits per heavy atom. The summed E-state index contributed by atoms with van der Waals surface area (Å²) in [7, 11) is 2.56. The summed E-state index contributed by atoms with van der Waals surface area (Å²) in [6.45, 7) is 19.8. The van der Waals surface area contributed by atoms with Gasteiger partial charge in [0.15, 0.2) is 0 Å². The van der Waals surface area contributed by atoms with E-state index in [1.165, 1.54) is 31.5 Å². The maximum absolute atomic E-state index is 13.6. The molecule has 120 heavy (non-hydrogen) atoms. The standard InChI is InChI=1S/C26H29F6N7O2.C26H29F6N3O4.C25H27F6N7O2/c1-6-19-12-21(20-8-14(3)33-15(4)22(20)39(19)24(40)41-7-2)38(23-34-36-37(5)35-23)13-16-9-17(25(27,28)29)11-18(10-16)26(30,31)32;1-6-19-12-21(20-8-14(3)33-15(4)22(20)35(19)24(37)39-7-2)34(23(36)38-5)13-16-9-17(25(27,28)29)11-18(10-16)26(30,31)32;1-5-18-11-20(19-7-13(3)32-14(4)21(19)38(18)23(39)40-6-2)37(22-33-35-36-34-22)12-15-8-16(24(26,27)28)10-17(9-15)25(29,30)31/h8-11,19,21H,6-7,12-13H2,1-5H3;8-11,19,21H,6-7,12-13H2,1-5H3;7-10,18,20H,5-6,11-12H2,1-4H3,(H,33,34,35,36). The Labute approximate surface area is 675 Å². The molecule has 6 unspecified atom stereocenters. The summed E-state index contributed by atoms with van der Waals surface area (Å²) in [5.41, 5.74) is -3.42. The Bertz CT molecular complexity index is 4880. The van der Waals surface area contributed by atoms with Crippen molar-refractivity contribution in [3.63, 3.8) is 0 Å². The minimum Gasteiger partial charge on any atom is -0.453 e. The molecule has 11 rings (SSSR count). The number of aryl methyl sites for hydroxylation is 7. The Hall–Kier alpha value is -11.3. The zero-order chi connectivity index (χ0) is 89.0. The minimum atomic E-state index is -5.04. The molecule has 6 atom stereocenters. The van der Waals surface area contributed by atoms with Gasteiger partial charge in [0.2, 0.25) is 0 Å². The van der Waals surface area contributed by atoms with Gasteiger partial charge in [0, 0.05) is 71.5 Å². The quantitative estimate of drug-likeness (QED) is 0.0656. The third-order valence-electron chi connectivity index (χ3n) is 20.0.